The molecule has 0 spiro atoms. The van der Waals surface area contributed by atoms with Crippen LogP contribution < -0.4 is 5.73 Å². The van der Waals surface area contributed by atoms with Crippen molar-refractivity contribution in [1.29, 1.82) is 5.26 Å². The standard InChI is InChI=1S/C13H11BrN2S/c1-7-4-3-5-9(11(7)14)13-8(2)12(16)10(6-15)17-13/h3-5H,16H2,1-2H3. The predicted octanol–water partition coefficient (Wildman–Crippen LogP) is 4.25. The van der Waals surface area contributed by atoms with Crippen LogP contribution in [0.2, 0.25) is 0 Å². The van der Waals surface area contributed by atoms with Crippen molar-refractivity contribution in [3.8, 4) is 16.5 Å². The maximum Gasteiger partial charge on any atom is 0.128 e. The third kappa shape index (κ3) is 1.97. The minimum absolute atomic E-state index is 0.589. The lowest BCUT2D eigenvalue weighted by Gasteiger charge is -2.06. The van der Waals surface area contributed by atoms with Crippen LogP contribution in [0, 0.1) is 25.2 Å². The number of benzene rings is 1. The minimum atomic E-state index is 0.589. The molecule has 2 rings (SSSR count). The van der Waals surface area contributed by atoms with Crippen LogP contribution in [-0.2, 0) is 0 Å². The molecule has 0 amide bonds. The summed E-state index contributed by atoms with van der Waals surface area (Å²) in [7, 11) is 0. The van der Waals surface area contributed by atoms with Crippen molar-refractivity contribution in [3.05, 3.63) is 38.7 Å². The van der Waals surface area contributed by atoms with Crippen LogP contribution in [0.15, 0.2) is 22.7 Å². The van der Waals surface area contributed by atoms with E-state index in [1.807, 2.05) is 32.0 Å². The molecule has 0 fully saturated rings. The Hall–Kier alpha value is -1.31. The minimum Gasteiger partial charge on any atom is -0.397 e. The number of nitrogen functional groups attached to an aromatic ring is 1. The average molecular weight is 307 g/mol. The van der Waals surface area contributed by atoms with E-state index in [1.165, 1.54) is 16.9 Å². The van der Waals surface area contributed by atoms with Crippen molar-refractivity contribution >= 4 is 33.0 Å². The molecule has 1 heterocycles. The zero-order valence-electron chi connectivity index (χ0n) is 9.54. The number of hydrogen-bond donors (Lipinski definition) is 1. The van der Waals surface area contributed by atoms with Crippen molar-refractivity contribution in [1.82, 2.24) is 0 Å². The van der Waals surface area contributed by atoms with E-state index in [2.05, 4.69) is 22.0 Å². The Kier molecular flexibility index (Phi) is 3.23. The van der Waals surface area contributed by atoms with Gasteiger partial charge in [-0.15, -0.1) is 11.3 Å². The van der Waals surface area contributed by atoms with E-state index in [4.69, 9.17) is 11.0 Å². The number of anilines is 1. The number of nitrogens with zero attached hydrogens (tertiary/aromatic N) is 1. The van der Waals surface area contributed by atoms with E-state index in [-0.39, 0.29) is 0 Å². The second-order valence-corrected chi connectivity index (χ2v) is 5.66. The number of nitrogens with two attached hydrogens (primary N) is 1. The Labute approximate surface area is 113 Å². The molecule has 0 saturated heterocycles. The number of aryl methyl sites for hydroxylation is 1. The van der Waals surface area contributed by atoms with Gasteiger partial charge in [0.1, 0.15) is 10.9 Å². The van der Waals surface area contributed by atoms with Crippen molar-refractivity contribution in [2.75, 3.05) is 5.73 Å². The van der Waals surface area contributed by atoms with Crippen molar-refractivity contribution in [3.63, 3.8) is 0 Å². The first-order chi connectivity index (χ1) is 8.06. The second kappa shape index (κ2) is 4.52. The van der Waals surface area contributed by atoms with Crippen LogP contribution in [0.5, 0.6) is 0 Å². The zero-order chi connectivity index (χ0) is 12.6. The van der Waals surface area contributed by atoms with Gasteiger partial charge in [0.15, 0.2) is 0 Å². The fourth-order valence-electron chi connectivity index (χ4n) is 1.69. The first-order valence-corrected chi connectivity index (χ1v) is 6.71. The Morgan fingerprint density at radius 3 is 2.65 bits per heavy atom. The highest BCUT2D eigenvalue weighted by Gasteiger charge is 2.16. The molecule has 0 bridgehead atoms. The summed E-state index contributed by atoms with van der Waals surface area (Å²) >= 11 is 5.04. The van der Waals surface area contributed by atoms with Crippen LogP contribution in [0.3, 0.4) is 0 Å². The SMILES string of the molecule is Cc1cccc(-c2sc(C#N)c(N)c2C)c1Br. The number of halogens is 1. The molecule has 2 N–H and O–H groups in total. The van der Waals surface area contributed by atoms with Gasteiger partial charge in [0.05, 0.1) is 5.69 Å². The van der Waals surface area contributed by atoms with Gasteiger partial charge in [0, 0.05) is 14.9 Å². The van der Waals surface area contributed by atoms with Crippen LogP contribution in [-0.4, -0.2) is 0 Å². The van der Waals surface area contributed by atoms with Gasteiger partial charge in [0.25, 0.3) is 0 Å². The van der Waals surface area contributed by atoms with Crippen molar-refractivity contribution in [2.45, 2.75) is 13.8 Å². The summed E-state index contributed by atoms with van der Waals surface area (Å²) < 4.78 is 1.06. The van der Waals surface area contributed by atoms with Gasteiger partial charge in [-0.25, -0.2) is 0 Å². The molecule has 1 aromatic carbocycles. The van der Waals surface area contributed by atoms with Crippen LogP contribution in [0.25, 0.3) is 10.4 Å². The summed E-state index contributed by atoms with van der Waals surface area (Å²) in [5.41, 5.74) is 9.77. The Morgan fingerprint density at radius 1 is 1.35 bits per heavy atom. The lowest BCUT2D eigenvalue weighted by Crippen LogP contribution is -1.88. The topological polar surface area (TPSA) is 49.8 Å². The molecule has 17 heavy (non-hydrogen) atoms. The summed E-state index contributed by atoms with van der Waals surface area (Å²) in [6.07, 6.45) is 0. The highest BCUT2D eigenvalue weighted by atomic mass is 79.9. The van der Waals surface area contributed by atoms with Crippen molar-refractivity contribution in [2.24, 2.45) is 0 Å². The van der Waals surface area contributed by atoms with Crippen LogP contribution >= 0.6 is 27.3 Å². The monoisotopic (exact) mass is 306 g/mol. The predicted molar refractivity (Wildman–Crippen MR) is 76.1 cm³/mol. The van der Waals surface area contributed by atoms with E-state index in [0.717, 1.165) is 20.5 Å². The van der Waals surface area contributed by atoms with Gasteiger partial charge in [-0.3, -0.25) is 0 Å². The smallest absolute Gasteiger partial charge is 0.128 e. The normalized spacial score (nSPS) is 10.2. The van der Waals surface area contributed by atoms with Gasteiger partial charge < -0.3 is 5.73 Å². The molecule has 0 unspecified atom stereocenters. The zero-order valence-corrected chi connectivity index (χ0v) is 11.9. The summed E-state index contributed by atoms with van der Waals surface area (Å²) in [5, 5.41) is 9.00. The van der Waals surface area contributed by atoms with E-state index < -0.39 is 0 Å². The maximum atomic E-state index is 9.00. The largest absolute Gasteiger partial charge is 0.397 e. The first-order valence-electron chi connectivity index (χ1n) is 5.10. The second-order valence-electron chi connectivity index (χ2n) is 3.85. The Bertz CT molecular complexity index is 623. The van der Waals surface area contributed by atoms with Gasteiger partial charge in [-0.05, 0) is 40.9 Å². The summed E-state index contributed by atoms with van der Waals surface area (Å²) in [6, 6.07) is 8.23. The molecular weight excluding hydrogens is 296 g/mol. The molecule has 0 aliphatic rings. The average Bonchev–Trinajstić information content (AvgIpc) is 2.60. The molecule has 1 aromatic heterocycles. The summed E-state index contributed by atoms with van der Waals surface area (Å²) in [5.74, 6) is 0. The molecule has 4 heteroatoms. The molecule has 2 nitrogen and oxygen atoms in total. The Morgan fingerprint density at radius 2 is 2.06 bits per heavy atom. The maximum absolute atomic E-state index is 9.00. The van der Waals surface area contributed by atoms with Crippen LogP contribution in [0.4, 0.5) is 5.69 Å². The quantitative estimate of drug-likeness (QED) is 0.856. The highest BCUT2D eigenvalue weighted by molar-refractivity contribution is 9.10. The fraction of sp³-hybridized carbons (Fsp3) is 0.154. The molecule has 2 aromatic rings. The number of rotatable bonds is 1. The lowest BCUT2D eigenvalue weighted by molar-refractivity contribution is 1.42. The van der Waals surface area contributed by atoms with Gasteiger partial charge in [-0.1, -0.05) is 18.2 Å². The van der Waals surface area contributed by atoms with Crippen molar-refractivity contribution < 1.29 is 0 Å². The number of hydrogen-bond acceptors (Lipinski definition) is 3. The van der Waals surface area contributed by atoms with Gasteiger partial charge in [-0.2, -0.15) is 5.26 Å². The van der Waals surface area contributed by atoms with E-state index in [0.29, 0.717) is 10.6 Å². The molecule has 86 valence electrons. The van der Waals surface area contributed by atoms with E-state index >= 15 is 0 Å². The van der Waals surface area contributed by atoms with Crippen LogP contribution in [0.1, 0.15) is 16.0 Å². The third-order valence-electron chi connectivity index (χ3n) is 2.73. The summed E-state index contributed by atoms with van der Waals surface area (Å²) in [4.78, 5) is 1.65. The molecule has 0 radical (unpaired) electrons. The molecule has 0 aliphatic heterocycles. The molecule has 0 saturated carbocycles. The Balaban J connectivity index is 2.70. The van der Waals surface area contributed by atoms with Gasteiger partial charge in [0.2, 0.25) is 0 Å². The number of thiophene rings is 1. The third-order valence-corrected chi connectivity index (χ3v) is 5.03. The molecule has 0 aliphatic carbocycles. The molecule has 0 atom stereocenters. The first kappa shape index (κ1) is 12.2. The highest BCUT2D eigenvalue weighted by Crippen LogP contribution is 2.41. The van der Waals surface area contributed by atoms with E-state index in [1.54, 1.807) is 0 Å². The number of nitriles is 1. The van der Waals surface area contributed by atoms with E-state index in [9.17, 15) is 0 Å². The fourth-order valence-corrected chi connectivity index (χ4v) is 3.34. The summed E-state index contributed by atoms with van der Waals surface area (Å²) in [6.45, 7) is 4.00. The molecular formula is C13H11BrN2S. The van der Waals surface area contributed by atoms with Gasteiger partial charge >= 0.3 is 0 Å². The lowest BCUT2D eigenvalue weighted by atomic mass is 10.1.